The number of benzene rings is 1. The summed E-state index contributed by atoms with van der Waals surface area (Å²) < 4.78 is 19.7. The van der Waals surface area contributed by atoms with Gasteiger partial charge >= 0.3 is 0 Å². The minimum atomic E-state index is -1.72. The van der Waals surface area contributed by atoms with Crippen molar-refractivity contribution >= 4 is 16.8 Å². The number of hydrogen-bond donors (Lipinski definition) is 3. The van der Waals surface area contributed by atoms with Gasteiger partial charge in [-0.3, -0.25) is 0 Å². The molecule has 0 bridgehead atoms. The minimum absolute atomic E-state index is 0.136. The van der Waals surface area contributed by atoms with Gasteiger partial charge in [0.1, 0.15) is 0 Å². The van der Waals surface area contributed by atoms with Gasteiger partial charge in [-0.25, -0.2) is 4.21 Å². The Morgan fingerprint density at radius 3 is 2.76 bits per heavy atom. The van der Waals surface area contributed by atoms with Gasteiger partial charge in [0, 0.05) is 11.7 Å². The maximum atomic E-state index is 10.8. The van der Waals surface area contributed by atoms with Crippen molar-refractivity contribution < 1.29 is 8.76 Å². The smallest absolute Gasteiger partial charge is 0.154 e. The van der Waals surface area contributed by atoms with E-state index in [4.69, 9.17) is 10.3 Å². The van der Waals surface area contributed by atoms with Crippen molar-refractivity contribution in [1.82, 2.24) is 5.32 Å². The molecule has 1 aromatic carbocycles. The number of piperidine rings is 1. The Morgan fingerprint density at radius 1 is 1.41 bits per heavy atom. The molecule has 17 heavy (non-hydrogen) atoms. The maximum absolute atomic E-state index is 10.8. The van der Waals surface area contributed by atoms with E-state index in [1.165, 1.54) is 5.56 Å². The monoisotopic (exact) mass is 254 g/mol. The average Bonchev–Trinajstić information content (AvgIpc) is 2.29. The van der Waals surface area contributed by atoms with Crippen LogP contribution in [0.4, 0.5) is 5.69 Å². The van der Waals surface area contributed by atoms with Crippen molar-refractivity contribution in [3.63, 3.8) is 0 Å². The number of nitrogens with one attached hydrogen (secondary N) is 1. The van der Waals surface area contributed by atoms with Crippen LogP contribution in [0.5, 0.6) is 0 Å². The molecule has 4 nitrogen and oxygen atoms in total. The molecule has 2 rings (SSSR count). The fourth-order valence-corrected chi connectivity index (χ4v) is 2.97. The first-order valence-corrected chi connectivity index (χ1v) is 7.09. The number of anilines is 1. The second-order valence-electron chi connectivity index (χ2n) is 4.53. The van der Waals surface area contributed by atoms with E-state index in [-0.39, 0.29) is 6.04 Å². The summed E-state index contributed by atoms with van der Waals surface area (Å²) in [4.78, 5) is 0. The van der Waals surface area contributed by atoms with Crippen LogP contribution in [0.3, 0.4) is 0 Å². The Morgan fingerprint density at radius 2 is 2.12 bits per heavy atom. The first-order valence-electron chi connectivity index (χ1n) is 5.81. The summed E-state index contributed by atoms with van der Waals surface area (Å²) >= 11 is -1.72. The van der Waals surface area contributed by atoms with Gasteiger partial charge in [-0.15, -0.1) is 0 Å². The van der Waals surface area contributed by atoms with Crippen LogP contribution >= 0.6 is 0 Å². The van der Waals surface area contributed by atoms with Crippen molar-refractivity contribution in [2.45, 2.75) is 24.8 Å². The molecule has 1 heterocycles. The molecule has 1 aromatic rings. The van der Waals surface area contributed by atoms with Crippen molar-refractivity contribution in [2.75, 3.05) is 18.0 Å². The van der Waals surface area contributed by atoms with Gasteiger partial charge in [0.05, 0.1) is 5.75 Å². The van der Waals surface area contributed by atoms with Crippen LogP contribution < -0.4 is 11.1 Å². The lowest BCUT2D eigenvalue weighted by molar-refractivity contribution is 0.380. The summed E-state index contributed by atoms with van der Waals surface area (Å²) in [6.45, 7) is 0.900. The van der Waals surface area contributed by atoms with Crippen LogP contribution in [0.2, 0.25) is 0 Å². The summed E-state index contributed by atoms with van der Waals surface area (Å²) in [6.07, 6.45) is 1.98. The summed E-state index contributed by atoms with van der Waals surface area (Å²) in [5, 5.41) is 3.28. The van der Waals surface area contributed by atoms with E-state index < -0.39 is 11.1 Å². The fraction of sp³-hybridized carbons (Fsp3) is 0.500. The zero-order valence-electron chi connectivity index (χ0n) is 9.63. The molecule has 5 heteroatoms. The molecule has 3 unspecified atom stereocenters. The quantitative estimate of drug-likeness (QED) is 0.562. The van der Waals surface area contributed by atoms with Crippen LogP contribution in [0.1, 0.15) is 24.3 Å². The largest absolute Gasteiger partial charge is 0.399 e. The topological polar surface area (TPSA) is 75.3 Å². The van der Waals surface area contributed by atoms with Crippen molar-refractivity contribution in [1.29, 1.82) is 0 Å². The van der Waals surface area contributed by atoms with E-state index in [0.29, 0.717) is 11.7 Å². The molecule has 1 saturated heterocycles. The number of rotatable bonds is 3. The first-order chi connectivity index (χ1) is 8.15. The molecule has 1 aliphatic heterocycles. The van der Waals surface area contributed by atoms with Crippen LogP contribution in [0, 0.1) is 0 Å². The minimum Gasteiger partial charge on any atom is -0.399 e. The summed E-state index contributed by atoms with van der Waals surface area (Å²) in [5.41, 5.74) is 7.71. The van der Waals surface area contributed by atoms with Crippen molar-refractivity contribution in [3.05, 3.63) is 29.8 Å². The lowest BCUT2D eigenvalue weighted by Crippen LogP contribution is -2.40. The van der Waals surface area contributed by atoms with Gasteiger partial charge in [-0.1, -0.05) is 12.1 Å². The highest BCUT2D eigenvalue weighted by Gasteiger charge is 2.23. The van der Waals surface area contributed by atoms with Crippen LogP contribution in [0.15, 0.2) is 24.3 Å². The molecule has 0 saturated carbocycles. The molecule has 0 amide bonds. The Balaban J connectivity index is 2.01. The summed E-state index contributed by atoms with van der Waals surface area (Å²) in [7, 11) is 0. The fourth-order valence-electron chi connectivity index (χ4n) is 2.38. The summed E-state index contributed by atoms with van der Waals surface area (Å²) in [5.74, 6) is 0.774. The predicted molar refractivity (Wildman–Crippen MR) is 70.3 cm³/mol. The molecular weight excluding hydrogens is 236 g/mol. The predicted octanol–water partition coefficient (Wildman–Crippen LogP) is 1.33. The van der Waals surface area contributed by atoms with E-state index in [2.05, 4.69) is 17.4 Å². The summed E-state index contributed by atoms with van der Waals surface area (Å²) in [6, 6.07) is 8.07. The van der Waals surface area contributed by atoms with Crippen molar-refractivity contribution in [3.8, 4) is 0 Å². The molecule has 3 atom stereocenters. The lowest BCUT2D eigenvalue weighted by atomic mass is 9.87. The highest BCUT2D eigenvalue weighted by Crippen LogP contribution is 2.28. The highest BCUT2D eigenvalue weighted by molar-refractivity contribution is 7.79. The second kappa shape index (κ2) is 5.62. The first kappa shape index (κ1) is 12.5. The third-order valence-electron chi connectivity index (χ3n) is 3.25. The molecule has 94 valence electrons. The van der Waals surface area contributed by atoms with Crippen molar-refractivity contribution in [2.24, 2.45) is 0 Å². The Bertz CT molecular complexity index is 394. The number of hydrogen-bond acceptors (Lipinski definition) is 3. The molecule has 1 fully saturated rings. The highest BCUT2D eigenvalue weighted by atomic mass is 32.2. The number of nitrogens with two attached hydrogens (primary N) is 1. The zero-order chi connectivity index (χ0) is 12.3. The van der Waals surface area contributed by atoms with Gasteiger partial charge in [0.2, 0.25) is 0 Å². The van der Waals surface area contributed by atoms with E-state index in [9.17, 15) is 4.21 Å². The third kappa shape index (κ3) is 3.52. The zero-order valence-corrected chi connectivity index (χ0v) is 10.5. The van der Waals surface area contributed by atoms with E-state index >= 15 is 0 Å². The molecule has 4 N–H and O–H groups in total. The van der Waals surface area contributed by atoms with Gasteiger partial charge in [-0.05, 0) is 43.0 Å². The van der Waals surface area contributed by atoms with Gasteiger partial charge in [0.25, 0.3) is 0 Å². The normalized spacial score (nSPS) is 26.6. The van der Waals surface area contributed by atoms with Gasteiger partial charge < -0.3 is 15.6 Å². The van der Waals surface area contributed by atoms with E-state index in [1.807, 2.05) is 12.1 Å². The van der Waals surface area contributed by atoms with Crippen LogP contribution in [0.25, 0.3) is 0 Å². The molecule has 0 aromatic heterocycles. The van der Waals surface area contributed by atoms with Crippen LogP contribution in [-0.4, -0.2) is 27.1 Å². The average molecular weight is 254 g/mol. The molecule has 0 spiro atoms. The molecule has 0 radical (unpaired) electrons. The van der Waals surface area contributed by atoms with Crippen LogP contribution in [-0.2, 0) is 11.1 Å². The Kier molecular flexibility index (Phi) is 4.15. The Hall–Kier alpha value is -0.910. The molecule has 0 aliphatic carbocycles. The van der Waals surface area contributed by atoms with E-state index in [1.54, 1.807) is 0 Å². The second-order valence-corrected chi connectivity index (χ2v) is 5.50. The third-order valence-corrected chi connectivity index (χ3v) is 3.93. The van der Waals surface area contributed by atoms with Gasteiger partial charge in [0.15, 0.2) is 11.1 Å². The van der Waals surface area contributed by atoms with Gasteiger partial charge in [-0.2, -0.15) is 0 Å². The maximum Gasteiger partial charge on any atom is 0.154 e. The molecular formula is C12H18N2O2S. The van der Waals surface area contributed by atoms with E-state index in [0.717, 1.165) is 25.1 Å². The SMILES string of the molecule is Nc1ccc(C2CCNC(CS(=O)O)C2)cc1. The lowest BCUT2D eigenvalue weighted by Gasteiger charge is -2.30. The molecule has 1 aliphatic rings. The standard InChI is InChI=1S/C12H18N2O2S/c13-11-3-1-9(2-4-11)10-5-6-14-12(7-10)8-17(15)16/h1-4,10,12,14H,5-8,13H2,(H,15,16). The number of nitrogen functional groups attached to an aromatic ring is 1. The Labute approximate surface area is 104 Å².